The van der Waals surface area contributed by atoms with E-state index in [0.717, 1.165) is 12.0 Å². The third kappa shape index (κ3) is 1.32. The van der Waals surface area contributed by atoms with Gasteiger partial charge in [0.25, 0.3) is 0 Å². The van der Waals surface area contributed by atoms with Gasteiger partial charge < -0.3 is 15.0 Å². The van der Waals surface area contributed by atoms with Crippen LogP contribution in [0.5, 0.6) is 5.75 Å². The van der Waals surface area contributed by atoms with Crippen LogP contribution in [0.25, 0.3) is 11.3 Å². The Kier molecular flexibility index (Phi) is 1.86. The molecule has 0 spiro atoms. The van der Waals surface area contributed by atoms with E-state index in [1.165, 1.54) is 12.1 Å². The number of halogens is 1. The maximum Gasteiger partial charge on any atom is 0.222 e. The van der Waals surface area contributed by atoms with E-state index in [0.29, 0.717) is 23.6 Å². The van der Waals surface area contributed by atoms with Crippen LogP contribution in [0.2, 0.25) is 0 Å². The van der Waals surface area contributed by atoms with E-state index in [1.807, 2.05) is 0 Å². The Balaban J connectivity index is 2.14. The van der Waals surface area contributed by atoms with Gasteiger partial charge in [-0.15, -0.1) is 0 Å². The number of rotatable bonds is 1. The van der Waals surface area contributed by atoms with Gasteiger partial charge in [0.15, 0.2) is 0 Å². The molecule has 0 radical (unpaired) electrons. The molecule has 0 saturated carbocycles. The minimum atomic E-state index is -0.381. The molecule has 0 amide bonds. The second kappa shape index (κ2) is 3.23. The largest absolute Gasteiger partial charge is 0.493 e. The summed E-state index contributed by atoms with van der Waals surface area (Å²) in [6.45, 7) is 0.596. The summed E-state index contributed by atoms with van der Waals surface area (Å²) in [4.78, 5) is 0. The smallest absolute Gasteiger partial charge is 0.222 e. The Morgan fingerprint density at radius 2 is 2.19 bits per heavy atom. The number of ether oxygens (including phenoxy) is 1. The van der Waals surface area contributed by atoms with Crippen LogP contribution in [0.1, 0.15) is 5.56 Å². The molecular formula is C11H9FN2O2. The highest BCUT2D eigenvalue weighted by atomic mass is 19.1. The molecule has 0 saturated heterocycles. The third-order valence-corrected chi connectivity index (χ3v) is 2.58. The maximum atomic E-state index is 13.7. The highest BCUT2D eigenvalue weighted by Crippen LogP contribution is 2.33. The van der Waals surface area contributed by atoms with Crippen molar-refractivity contribution in [2.45, 2.75) is 6.42 Å². The number of nitrogens with zero attached hydrogens (tertiary/aromatic N) is 1. The molecule has 0 unspecified atom stereocenters. The van der Waals surface area contributed by atoms with Gasteiger partial charge in [-0.05, 0) is 11.6 Å². The first-order valence-corrected chi connectivity index (χ1v) is 4.92. The SMILES string of the molecule is Nc1cc(-c2cc3c(cc2F)OCC3)no1. The van der Waals surface area contributed by atoms with E-state index < -0.39 is 0 Å². The summed E-state index contributed by atoms with van der Waals surface area (Å²) in [6.07, 6.45) is 0.788. The predicted octanol–water partition coefficient (Wildman–Crippen LogP) is 2.00. The molecule has 1 aromatic carbocycles. The zero-order chi connectivity index (χ0) is 11.1. The first-order chi connectivity index (χ1) is 7.74. The zero-order valence-corrected chi connectivity index (χ0v) is 8.37. The lowest BCUT2D eigenvalue weighted by atomic mass is 10.1. The molecule has 82 valence electrons. The number of nitrogens with two attached hydrogens (primary N) is 1. The standard InChI is InChI=1S/C11H9FN2O2/c12-8-4-10-6(1-2-15-10)3-7(8)9-5-11(13)16-14-9/h3-5H,1-2,13H2. The van der Waals surface area contributed by atoms with Crippen molar-refractivity contribution in [1.29, 1.82) is 0 Å². The van der Waals surface area contributed by atoms with Crippen molar-refractivity contribution in [2.24, 2.45) is 0 Å². The molecule has 1 aromatic heterocycles. The van der Waals surface area contributed by atoms with Crippen molar-refractivity contribution in [2.75, 3.05) is 12.3 Å². The Morgan fingerprint density at radius 3 is 2.94 bits per heavy atom. The minimum absolute atomic E-state index is 0.172. The number of hydrogen-bond acceptors (Lipinski definition) is 4. The minimum Gasteiger partial charge on any atom is -0.493 e. The van der Waals surface area contributed by atoms with Crippen LogP contribution in [0.3, 0.4) is 0 Å². The van der Waals surface area contributed by atoms with Gasteiger partial charge in [-0.1, -0.05) is 5.16 Å². The molecule has 2 heterocycles. The molecule has 0 aliphatic carbocycles. The van der Waals surface area contributed by atoms with E-state index in [-0.39, 0.29) is 11.7 Å². The summed E-state index contributed by atoms with van der Waals surface area (Å²) in [5, 5.41) is 3.69. The van der Waals surface area contributed by atoms with E-state index >= 15 is 0 Å². The molecule has 0 fully saturated rings. The molecular weight excluding hydrogens is 211 g/mol. The monoisotopic (exact) mass is 220 g/mol. The Morgan fingerprint density at radius 1 is 1.31 bits per heavy atom. The number of aromatic nitrogens is 1. The number of fused-ring (bicyclic) bond motifs is 1. The van der Waals surface area contributed by atoms with Gasteiger partial charge in [0.2, 0.25) is 5.88 Å². The number of nitrogen functional groups attached to an aromatic ring is 1. The average Bonchev–Trinajstić information content (AvgIpc) is 2.84. The fraction of sp³-hybridized carbons (Fsp3) is 0.182. The van der Waals surface area contributed by atoms with E-state index in [4.69, 9.17) is 15.0 Å². The summed E-state index contributed by atoms with van der Waals surface area (Å²) in [6, 6.07) is 4.61. The quantitative estimate of drug-likeness (QED) is 0.798. The fourth-order valence-electron chi connectivity index (χ4n) is 1.81. The van der Waals surface area contributed by atoms with Crippen LogP contribution in [-0.4, -0.2) is 11.8 Å². The Labute approximate surface area is 90.8 Å². The summed E-state index contributed by atoms with van der Waals surface area (Å²) in [7, 11) is 0. The van der Waals surface area contributed by atoms with Crippen LogP contribution in [0.4, 0.5) is 10.3 Å². The number of hydrogen-bond donors (Lipinski definition) is 1. The normalized spacial score (nSPS) is 13.6. The average molecular weight is 220 g/mol. The molecule has 0 bridgehead atoms. The molecule has 1 aliphatic heterocycles. The molecule has 5 heteroatoms. The molecule has 2 N–H and O–H groups in total. The van der Waals surface area contributed by atoms with Crippen LogP contribution in [0, 0.1) is 5.82 Å². The lowest BCUT2D eigenvalue weighted by Crippen LogP contribution is -1.88. The van der Waals surface area contributed by atoms with Gasteiger partial charge in [-0.2, -0.15) is 0 Å². The molecule has 16 heavy (non-hydrogen) atoms. The highest BCUT2D eigenvalue weighted by Gasteiger charge is 2.18. The summed E-state index contributed by atoms with van der Waals surface area (Å²) < 4.78 is 23.7. The fourth-order valence-corrected chi connectivity index (χ4v) is 1.81. The van der Waals surface area contributed by atoms with Crippen molar-refractivity contribution in [3.8, 4) is 17.0 Å². The van der Waals surface area contributed by atoms with Gasteiger partial charge in [0.05, 0.1) is 6.61 Å². The first-order valence-electron chi connectivity index (χ1n) is 4.92. The van der Waals surface area contributed by atoms with Crippen molar-refractivity contribution < 1.29 is 13.7 Å². The third-order valence-electron chi connectivity index (χ3n) is 2.58. The second-order valence-electron chi connectivity index (χ2n) is 3.65. The van der Waals surface area contributed by atoms with Crippen molar-refractivity contribution in [1.82, 2.24) is 5.16 Å². The van der Waals surface area contributed by atoms with Gasteiger partial charge in [0, 0.05) is 24.1 Å². The lowest BCUT2D eigenvalue weighted by Gasteiger charge is -2.02. The Hall–Kier alpha value is -2.04. The molecule has 0 atom stereocenters. The van der Waals surface area contributed by atoms with Crippen LogP contribution in [-0.2, 0) is 6.42 Å². The molecule has 4 nitrogen and oxygen atoms in total. The lowest BCUT2D eigenvalue weighted by molar-refractivity contribution is 0.355. The zero-order valence-electron chi connectivity index (χ0n) is 8.37. The van der Waals surface area contributed by atoms with E-state index in [1.54, 1.807) is 6.07 Å². The topological polar surface area (TPSA) is 61.3 Å². The van der Waals surface area contributed by atoms with Gasteiger partial charge in [-0.3, -0.25) is 0 Å². The van der Waals surface area contributed by atoms with Crippen LogP contribution >= 0.6 is 0 Å². The summed E-state index contributed by atoms with van der Waals surface area (Å²) in [5.74, 6) is 0.401. The van der Waals surface area contributed by atoms with E-state index in [2.05, 4.69) is 5.16 Å². The highest BCUT2D eigenvalue weighted by molar-refractivity contribution is 5.65. The maximum absolute atomic E-state index is 13.7. The van der Waals surface area contributed by atoms with Gasteiger partial charge in [0.1, 0.15) is 17.3 Å². The second-order valence-corrected chi connectivity index (χ2v) is 3.65. The van der Waals surface area contributed by atoms with Crippen molar-refractivity contribution in [3.63, 3.8) is 0 Å². The first kappa shape index (κ1) is 9.21. The van der Waals surface area contributed by atoms with Crippen molar-refractivity contribution in [3.05, 3.63) is 29.6 Å². The van der Waals surface area contributed by atoms with Gasteiger partial charge >= 0.3 is 0 Å². The molecule has 1 aliphatic rings. The van der Waals surface area contributed by atoms with Crippen molar-refractivity contribution >= 4 is 5.88 Å². The van der Waals surface area contributed by atoms with Crippen LogP contribution in [0.15, 0.2) is 22.7 Å². The molecule has 3 rings (SSSR count). The number of anilines is 1. The number of benzene rings is 1. The summed E-state index contributed by atoms with van der Waals surface area (Å²) >= 11 is 0. The van der Waals surface area contributed by atoms with E-state index in [9.17, 15) is 4.39 Å². The van der Waals surface area contributed by atoms with Crippen LogP contribution < -0.4 is 10.5 Å². The Bertz CT molecular complexity index is 551. The molecule has 2 aromatic rings. The summed E-state index contributed by atoms with van der Waals surface area (Å²) in [5.41, 5.74) is 7.19. The predicted molar refractivity (Wildman–Crippen MR) is 55.5 cm³/mol. The van der Waals surface area contributed by atoms with Gasteiger partial charge in [-0.25, -0.2) is 4.39 Å².